The van der Waals surface area contributed by atoms with Crippen molar-refractivity contribution in [3.63, 3.8) is 0 Å². The summed E-state index contributed by atoms with van der Waals surface area (Å²) in [5.74, 6) is -0.933. The van der Waals surface area contributed by atoms with Gasteiger partial charge in [-0.05, 0) is 58.4 Å². The maximum absolute atomic E-state index is 10.7. The monoisotopic (exact) mass is 333 g/mol. The van der Waals surface area contributed by atoms with Crippen LogP contribution in [0, 0.1) is 11.3 Å². The Morgan fingerprint density at radius 2 is 1.79 bits per heavy atom. The summed E-state index contributed by atoms with van der Waals surface area (Å²) in [6.07, 6.45) is 0. The minimum absolute atomic E-state index is 0.269. The van der Waals surface area contributed by atoms with Gasteiger partial charge in [0.25, 0.3) is 0 Å². The highest BCUT2D eigenvalue weighted by Gasteiger charge is 2.05. The molecule has 1 N–H and O–H groups in total. The van der Waals surface area contributed by atoms with Gasteiger partial charge < -0.3 is 5.11 Å². The molecule has 0 bridgehead atoms. The Balaban J connectivity index is 2.19. The van der Waals surface area contributed by atoms with Crippen molar-refractivity contribution in [3.8, 4) is 6.07 Å². The molecule has 0 atom stereocenters. The lowest BCUT2D eigenvalue weighted by atomic mass is 10.2. The second-order valence-corrected chi connectivity index (χ2v) is 5.69. The number of hydrogen-bond donors (Lipinski definition) is 1. The first-order valence-corrected chi connectivity index (χ1v) is 6.92. The number of aromatic carboxylic acids is 1. The third-order valence-corrected chi connectivity index (χ3v) is 4.05. The average Bonchev–Trinajstić information content (AvgIpc) is 2.39. The van der Waals surface area contributed by atoms with Crippen LogP contribution in [-0.2, 0) is 0 Å². The van der Waals surface area contributed by atoms with E-state index in [0.717, 1.165) is 14.3 Å². The van der Waals surface area contributed by atoms with Gasteiger partial charge in [0.15, 0.2) is 0 Å². The van der Waals surface area contributed by atoms with E-state index in [2.05, 4.69) is 22.0 Å². The van der Waals surface area contributed by atoms with Crippen LogP contribution >= 0.6 is 27.7 Å². The highest BCUT2D eigenvalue weighted by Crippen LogP contribution is 2.30. The van der Waals surface area contributed by atoms with Crippen LogP contribution in [0.5, 0.6) is 0 Å². The number of carboxylic acid groups (broad SMARTS) is 1. The van der Waals surface area contributed by atoms with E-state index in [1.165, 1.54) is 11.8 Å². The highest BCUT2D eigenvalue weighted by molar-refractivity contribution is 9.10. The maximum Gasteiger partial charge on any atom is 0.335 e. The molecule has 2 aromatic rings. The number of nitrogens with zero attached hydrogens (tertiary/aromatic N) is 1. The molecule has 0 saturated heterocycles. The zero-order valence-electron chi connectivity index (χ0n) is 9.63. The van der Waals surface area contributed by atoms with Gasteiger partial charge in [-0.1, -0.05) is 11.8 Å². The van der Waals surface area contributed by atoms with E-state index in [9.17, 15) is 4.79 Å². The molecule has 3 nitrogen and oxygen atoms in total. The van der Waals surface area contributed by atoms with Crippen molar-refractivity contribution in [2.24, 2.45) is 0 Å². The Kier molecular flexibility index (Phi) is 4.25. The molecule has 2 rings (SSSR count). The van der Waals surface area contributed by atoms with Gasteiger partial charge in [0, 0.05) is 14.3 Å². The normalized spacial score (nSPS) is 9.89. The fraction of sp³-hybridized carbons (Fsp3) is 0. The van der Waals surface area contributed by atoms with Crippen LogP contribution in [0.4, 0.5) is 0 Å². The molecule has 0 fully saturated rings. The number of halogens is 1. The molecule has 0 heterocycles. The Labute approximate surface area is 123 Å². The Hall–Kier alpha value is -1.77. The van der Waals surface area contributed by atoms with Gasteiger partial charge >= 0.3 is 5.97 Å². The van der Waals surface area contributed by atoms with Crippen LogP contribution in [0.3, 0.4) is 0 Å². The van der Waals surface area contributed by atoms with Crippen molar-refractivity contribution in [2.75, 3.05) is 0 Å². The quantitative estimate of drug-likeness (QED) is 0.915. The summed E-state index contributed by atoms with van der Waals surface area (Å²) in [5.41, 5.74) is 0.857. The molecule has 2 aromatic carbocycles. The first kappa shape index (κ1) is 13.7. The van der Waals surface area contributed by atoms with E-state index < -0.39 is 5.97 Å². The number of carbonyl (C=O) groups is 1. The van der Waals surface area contributed by atoms with E-state index in [1.54, 1.807) is 30.3 Å². The van der Waals surface area contributed by atoms with Crippen LogP contribution in [-0.4, -0.2) is 11.1 Å². The topological polar surface area (TPSA) is 61.1 Å². The molecule has 0 aromatic heterocycles. The number of benzene rings is 2. The minimum Gasteiger partial charge on any atom is -0.478 e. The Bertz CT molecular complexity index is 662. The highest BCUT2D eigenvalue weighted by atomic mass is 79.9. The lowest BCUT2D eigenvalue weighted by Gasteiger charge is -2.03. The molecular weight excluding hydrogens is 326 g/mol. The SMILES string of the molecule is N#Cc1ccc(Sc2ccc(C(=O)O)cc2)cc1Br. The minimum atomic E-state index is -0.933. The molecule has 94 valence electrons. The summed E-state index contributed by atoms with van der Waals surface area (Å²) in [4.78, 5) is 12.7. The third kappa shape index (κ3) is 3.37. The van der Waals surface area contributed by atoms with Gasteiger partial charge in [-0.2, -0.15) is 5.26 Å². The van der Waals surface area contributed by atoms with Gasteiger partial charge in [0.2, 0.25) is 0 Å². The van der Waals surface area contributed by atoms with Crippen molar-refractivity contribution in [2.45, 2.75) is 9.79 Å². The molecule has 5 heteroatoms. The van der Waals surface area contributed by atoms with Crippen molar-refractivity contribution in [3.05, 3.63) is 58.1 Å². The van der Waals surface area contributed by atoms with E-state index >= 15 is 0 Å². The molecule has 19 heavy (non-hydrogen) atoms. The van der Waals surface area contributed by atoms with Gasteiger partial charge in [-0.15, -0.1) is 0 Å². The van der Waals surface area contributed by atoms with E-state index in [4.69, 9.17) is 10.4 Å². The first-order valence-electron chi connectivity index (χ1n) is 5.31. The molecule has 0 amide bonds. The number of hydrogen-bond acceptors (Lipinski definition) is 3. The van der Waals surface area contributed by atoms with Gasteiger partial charge in [0.05, 0.1) is 11.1 Å². The summed E-state index contributed by atoms with van der Waals surface area (Å²) in [5, 5.41) is 17.7. The summed E-state index contributed by atoms with van der Waals surface area (Å²) < 4.78 is 0.752. The summed E-state index contributed by atoms with van der Waals surface area (Å²) in [6, 6.07) is 14.2. The fourth-order valence-corrected chi connectivity index (χ4v) is 2.93. The van der Waals surface area contributed by atoms with Gasteiger partial charge in [-0.25, -0.2) is 4.79 Å². The summed E-state index contributed by atoms with van der Waals surface area (Å²) in [6.45, 7) is 0. The number of carboxylic acids is 1. The summed E-state index contributed by atoms with van der Waals surface area (Å²) >= 11 is 4.85. The molecule has 0 radical (unpaired) electrons. The molecule has 0 aliphatic rings. The third-order valence-electron chi connectivity index (χ3n) is 2.40. The smallest absolute Gasteiger partial charge is 0.335 e. The van der Waals surface area contributed by atoms with Gasteiger partial charge in [-0.3, -0.25) is 0 Å². The van der Waals surface area contributed by atoms with E-state index in [0.29, 0.717) is 5.56 Å². The predicted octanol–water partition coefficient (Wildman–Crippen LogP) is 4.17. The summed E-state index contributed by atoms with van der Waals surface area (Å²) in [7, 11) is 0. The van der Waals surface area contributed by atoms with Crippen molar-refractivity contribution < 1.29 is 9.90 Å². The van der Waals surface area contributed by atoms with Crippen LogP contribution in [0.1, 0.15) is 15.9 Å². The molecule has 0 saturated carbocycles. The standard InChI is InChI=1S/C14H8BrNO2S/c15-13-7-12(6-3-10(13)8-16)19-11-4-1-9(2-5-11)14(17)18/h1-7H,(H,17,18). The number of nitriles is 1. The van der Waals surface area contributed by atoms with Gasteiger partial charge in [0.1, 0.15) is 6.07 Å². The molecule has 0 aliphatic carbocycles. The molecule has 0 spiro atoms. The van der Waals surface area contributed by atoms with Crippen LogP contribution in [0.25, 0.3) is 0 Å². The van der Waals surface area contributed by atoms with Crippen LogP contribution < -0.4 is 0 Å². The predicted molar refractivity (Wildman–Crippen MR) is 76.4 cm³/mol. The average molecular weight is 334 g/mol. The molecule has 0 unspecified atom stereocenters. The zero-order valence-corrected chi connectivity index (χ0v) is 12.0. The molecule has 0 aliphatic heterocycles. The van der Waals surface area contributed by atoms with Crippen molar-refractivity contribution in [1.82, 2.24) is 0 Å². The lowest BCUT2D eigenvalue weighted by Crippen LogP contribution is -1.94. The van der Waals surface area contributed by atoms with E-state index in [-0.39, 0.29) is 5.56 Å². The maximum atomic E-state index is 10.7. The second kappa shape index (κ2) is 5.91. The Morgan fingerprint density at radius 1 is 1.16 bits per heavy atom. The number of rotatable bonds is 3. The second-order valence-electron chi connectivity index (χ2n) is 3.69. The first-order chi connectivity index (χ1) is 9.10. The largest absolute Gasteiger partial charge is 0.478 e. The molecular formula is C14H8BrNO2S. The zero-order chi connectivity index (χ0) is 13.8. The van der Waals surface area contributed by atoms with Crippen LogP contribution in [0.15, 0.2) is 56.7 Å². The van der Waals surface area contributed by atoms with E-state index in [1.807, 2.05) is 12.1 Å². The van der Waals surface area contributed by atoms with Crippen LogP contribution in [0.2, 0.25) is 0 Å². The lowest BCUT2D eigenvalue weighted by molar-refractivity contribution is 0.0697. The van der Waals surface area contributed by atoms with Crippen molar-refractivity contribution >= 4 is 33.7 Å². The van der Waals surface area contributed by atoms with Crippen molar-refractivity contribution in [1.29, 1.82) is 5.26 Å². The fourth-order valence-electron chi connectivity index (χ4n) is 1.45. The Morgan fingerprint density at radius 3 is 2.32 bits per heavy atom.